The van der Waals surface area contributed by atoms with Gasteiger partial charge in [-0.15, -0.1) is 0 Å². The Hall–Kier alpha value is -4.59. The normalized spacial score (nSPS) is 13.0. The number of nitrogens with zero attached hydrogens (tertiary/aromatic N) is 3. The third-order valence-corrected chi connectivity index (χ3v) is 5.06. The second kappa shape index (κ2) is 6.74. The summed E-state index contributed by atoms with van der Waals surface area (Å²) < 4.78 is 6.23. The first-order valence-corrected chi connectivity index (χ1v) is 9.76. The lowest BCUT2D eigenvalue weighted by molar-refractivity contribution is 0.485. The van der Waals surface area contributed by atoms with Gasteiger partial charge in [0.05, 0.1) is 16.9 Å². The molecule has 31 heavy (non-hydrogen) atoms. The van der Waals surface area contributed by atoms with Crippen molar-refractivity contribution in [1.82, 2.24) is 15.4 Å². The minimum absolute atomic E-state index is 0.182. The molecule has 3 heterocycles. The van der Waals surface area contributed by atoms with Crippen molar-refractivity contribution in [3.05, 3.63) is 78.4 Å². The molecule has 2 aliphatic heterocycles. The van der Waals surface area contributed by atoms with Crippen molar-refractivity contribution in [2.45, 2.75) is 0 Å². The molecule has 4 aromatic rings. The fraction of sp³-hybridized carbons (Fsp3) is 0. The number of nitrogen functional groups attached to an aromatic ring is 1. The zero-order chi connectivity index (χ0) is 20.8. The average molecular weight is 407 g/mol. The Kier molecular flexibility index (Phi) is 3.76. The number of nitrogens with one attached hydrogen (secondary N) is 3. The number of anilines is 4. The molecule has 0 aliphatic carbocycles. The van der Waals surface area contributed by atoms with Gasteiger partial charge in [0.2, 0.25) is 5.95 Å². The third-order valence-electron chi connectivity index (χ3n) is 5.06. The van der Waals surface area contributed by atoms with Gasteiger partial charge in [-0.1, -0.05) is 30.3 Å². The first-order valence-electron chi connectivity index (χ1n) is 9.76. The van der Waals surface area contributed by atoms with E-state index in [9.17, 15) is 0 Å². The maximum Gasteiger partial charge on any atom is 0.222 e. The molecule has 0 saturated carbocycles. The van der Waals surface area contributed by atoms with Crippen molar-refractivity contribution in [3.8, 4) is 22.8 Å². The summed E-state index contributed by atoms with van der Waals surface area (Å²) in [5.74, 6) is 2.89. The number of ether oxygens (including phenoxy) is 1. The SMILES string of the molecule is Nc1nc(Nc2ccccc2)cc(-c2cc3c4c(c2)Oc2ccccc2N=C4NN3)n1. The van der Waals surface area contributed by atoms with Crippen LogP contribution in [-0.4, -0.2) is 15.8 Å². The van der Waals surface area contributed by atoms with Crippen LogP contribution < -0.4 is 26.6 Å². The van der Waals surface area contributed by atoms with Crippen LogP contribution >= 0.6 is 0 Å². The van der Waals surface area contributed by atoms with E-state index in [2.05, 4.69) is 26.1 Å². The Morgan fingerprint density at radius 1 is 0.839 bits per heavy atom. The molecule has 2 aliphatic rings. The predicted molar refractivity (Wildman–Crippen MR) is 121 cm³/mol. The molecule has 0 unspecified atom stereocenters. The molecule has 6 rings (SSSR count). The first kappa shape index (κ1) is 17.3. The molecule has 0 fully saturated rings. The van der Waals surface area contributed by atoms with Gasteiger partial charge < -0.3 is 15.8 Å². The lowest BCUT2D eigenvalue weighted by Gasteiger charge is -2.12. The number of rotatable bonds is 3. The van der Waals surface area contributed by atoms with Crippen LogP contribution in [0.25, 0.3) is 11.3 Å². The Bertz CT molecular complexity index is 1350. The van der Waals surface area contributed by atoms with Gasteiger partial charge in [-0.2, -0.15) is 4.98 Å². The summed E-state index contributed by atoms with van der Waals surface area (Å²) in [6, 6.07) is 23.3. The van der Waals surface area contributed by atoms with E-state index in [4.69, 9.17) is 15.5 Å². The Labute approximate surface area is 177 Å². The molecule has 0 saturated heterocycles. The number of para-hydroxylation sites is 3. The van der Waals surface area contributed by atoms with Crippen molar-refractivity contribution in [1.29, 1.82) is 0 Å². The highest BCUT2D eigenvalue weighted by Crippen LogP contribution is 2.43. The largest absolute Gasteiger partial charge is 0.454 e. The van der Waals surface area contributed by atoms with Crippen molar-refractivity contribution in [2.24, 2.45) is 4.99 Å². The third kappa shape index (κ3) is 3.06. The zero-order valence-electron chi connectivity index (χ0n) is 16.3. The van der Waals surface area contributed by atoms with Crippen molar-refractivity contribution in [2.75, 3.05) is 16.5 Å². The highest BCUT2D eigenvalue weighted by molar-refractivity contribution is 6.12. The highest BCUT2D eigenvalue weighted by atomic mass is 16.5. The summed E-state index contributed by atoms with van der Waals surface area (Å²) in [6.07, 6.45) is 0. The molecule has 150 valence electrons. The van der Waals surface area contributed by atoms with Crippen LogP contribution in [0.4, 0.5) is 28.8 Å². The number of nitrogens with two attached hydrogens (primary N) is 1. The van der Waals surface area contributed by atoms with Crippen LogP contribution in [0.1, 0.15) is 5.56 Å². The van der Waals surface area contributed by atoms with Crippen LogP contribution in [0.5, 0.6) is 11.5 Å². The fourth-order valence-electron chi connectivity index (χ4n) is 3.68. The molecule has 8 heteroatoms. The maximum atomic E-state index is 6.23. The average Bonchev–Trinajstić information content (AvgIpc) is 3.10. The second-order valence-corrected chi connectivity index (χ2v) is 7.16. The lowest BCUT2D eigenvalue weighted by atomic mass is 10.0. The van der Waals surface area contributed by atoms with Gasteiger partial charge >= 0.3 is 0 Å². The summed E-state index contributed by atoms with van der Waals surface area (Å²) in [7, 11) is 0. The predicted octanol–water partition coefficient (Wildman–Crippen LogP) is 4.58. The number of hydrogen-bond donors (Lipinski definition) is 4. The fourth-order valence-corrected chi connectivity index (χ4v) is 3.68. The minimum Gasteiger partial charge on any atom is -0.454 e. The van der Waals surface area contributed by atoms with Crippen LogP contribution in [-0.2, 0) is 0 Å². The van der Waals surface area contributed by atoms with Crippen molar-refractivity contribution < 1.29 is 4.74 Å². The van der Waals surface area contributed by atoms with Gasteiger partial charge in [0.15, 0.2) is 11.6 Å². The molecule has 0 spiro atoms. The molecule has 3 aromatic carbocycles. The van der Waals surface area contributed by atoms with E-state index in [1.165, 1.54) is 0 Å². The van der Waals surface area contributed by atoms with Crippen LogP contribution in [0.15, 0.2) is 77.8 Å². The van der Waals surface area contributed by atoms with E-state index in [1.807, 2.05) is 72.8 Å². The Morgan fingerprint density at radius 2 is 1.68 bits per heavy atom. The molecule has 0 atom stereocenters. The first-order chi connectivity index (χ1) is 15.2. The number of hydrazine groups is 1. The molecule has 0 radical (unpaired) electrons. The number of amidine groups is 1. The van der Waals surface area contributed by atoms with Crippen LogP contribution in [0.3, 0.4) is 0 Å². The van der Waals surface area contributed by atoms with Crippen molar-refractivity contribution >= 4 is 34.7 Å². The van der Waals surface area contributed by atoms with E-state index in [1.54, 1.807) is 0 Å². The minimum atomic E-state index is 0.182. The van der Waals surface area contributed by atoms with Gasteiger partial charge in [-0.3, -0.25) is 10.9 Å². The van der Waals surface area contributed by atoms with E-state index in [0.717, 1.165) is 34.0 Å². The smallest absolute Gasteiger partial charge is 0.222 e. The maximum absolute atomic E-state index is 6.23. The van der Waals surface area contributed by atoms with Gasteiger partial charge in [0.25, 0.3) is 0 Å². The number of aliphatic imine (C=N–C) groups is 1. The standard InChI is InChI=1S/C23H17N7O/c24-23-27-16(12-20(28-23)25-14-6-2-1-3-7-14)13-10-17-21-19(11-13)31-18-9-5-4-8-15(18)26-22(21)30-29-17/h1-12H,(H2,26,29,30)(H3,24,25,27,28). The van der Waals surface area contributed by atoms with Crippen LogP contribution in [0, 0.1) is 0 Å². The summed E-state index contributed by atoms with van der Waals surface area (Å²) in [6.45, 7) is 0. The van der Waals surface area contributed by atoms with E-state index >= 15 is 0 Å². The molecular weight excluding hydrogens is 390 g/mol. The summed E-state index contributed by atoms with van der Waals surface area (Å²) in [4.78, 5) is 13.4. The van der Waals surface area contributed by atoms with Gasteiger partial charge in [0, 0.05) is 17.3 Å². The van der Waals surface area contributed by atoms with Gasteiger partial charge in [-0.05, 0) is 36.4 Å². The van der Waals surface area contributed by atoms with E-state index in [-0.39, 0.29) is 5.95 Å². The molecule has 0 amide bonds. The van der Waals surface area contributed by atoms with Crippen LogP contribution in [0.2, 0.25) is 0 Å². The van der Waals surface area contributed by atoms with E-state index in [0.29, 0.717) is 23.0 Å². The zero-order valence-corrected chi connectivity index (χ0v) is 16.3. The lowest BCUT2D eigenvalue weighted by Crippen LogP contribution is -2.20. The number of hydrogen-bond acceptors (Lipinski definition) is 8. The topological polar surface area (TPSA) is 109 Å². The molecule has 8 nitrogen and oxygen atoms in total. The summed E-state index contributed by atoms with van der Waals surface area (Å²) in [5.41, 5.74) is 17.2. The number of aromatic nitrogens is 2. The summed E-state index contributed by atoms with van der Waals surface area (Å²) >= 11 is 0. The monoisotopic (exact) mass is 407 g/mol. The molecular formula is C23H17N7O. The number of benzene rings is 3. The Morgan fingerprint density at radius 3 is 2.58 bits per heavy atom. The summed E-state index contributed by atoms with van der Waals surface area (Å²) in [5, 5.41) is 3.27. The molecule has 5 N–H and O–H groups in total. The Balaban J connectivity index is 1.44. The van der Waals surface area contributed by atoms with Gasteiger partial charge in [0.1, 0.15) is 17.3 Å². The molecule has 0 bridgehead atoms. The van der Waals surface area contributed by atoms with E-state index < -0.39 is 0 Å². The quantitative estimate of drug-likeness (QED) is 0.393. The number of fused-ring (bicyclic) bond motifs is 1. The highest BCUT2D eigenvalue weighted by Gasteiger charge is 2.27. The van der Waals surface area contributed by atoms with Crippen molar-refractivity contribution in [3.63, 3.8) is 0 Å². The molecule has 1 aromatic heterocycles. The second-order valence-electron chi connectivity index (χ2n) is 7.16. The van der Waals surface area contributed by atoms with Gasteiger partial charge in [-0.25, -0.2) is 9.98 Å².